The summed E-state index contributed by atoms with van der Waals surface area (Å²) in [5, 5.41) is 7.83. The van der Waals surface area contributed by atoms with Gasteiger partial charge >= 0.3 is 0 Å². The van der Waals surface area contributed by atoms with Gasteiger partial charge in [-0.1, -0.05) is 6.92 Å². The predicted octanol–water partition coefficient (Wildman–Crippen LogP) is 2.55. The molecule has 0 aliphatic rings. The first-order valence-corrected chi connectivity index (χ1v) is 6.28. The van der Waals surface area contributed by atoms with Crippen LogP contribution in [0, 0.1) is 6.92 Å². The summed E-state index contributed by atoms with van der Waals surface area (Å²) in [5.74, 6) is 0. The molecule has 0 fully saturated rings. The Morgan fingerprint density at radius 2 is 2.06 bits per heavy atom. The van der Waals surface area contributed by atoms with E-state index in [9.17, 15) is 0 Å². The molecule has 0 aromatic carbocycles. The summed E-state index contributed by atoms with van der Waals surface area (Å²) in [6.07, 6.45) is 5.31. The molecule has 0 spiro atoms. The van der Waals surface area contributed by atoms with Crippen LogP contribution >= 0.6 is 11.3 Å². The smallest absolute Gasteiger partial charge is 0.115 e. The van der Waals surface area contributed by atoms with Gasteiger partial charge in [0.2, 0.25) is 0 Å². The fourth-order valence-electron chi connectivity index (χ4n) is 1.74. The maximum absolute atomic E-state index is 4.08. The van der Waals surface area contributed by atoms with Crippen molar-refractivity contribution in [2.24, 2.45) is 0 Å². The summed E-state index contributed by atoms with van der Waals surface area (Å²) in [5.41, 5.74) is 3.76. The van der Waals surface area contributed by atoms with E-state index in [1.165, 1.54) is 11.1 Å². The van der Waals surface area contributed by atoms with E-state index in [-0.39, 0.29) is 6.04 Å². The summed E-state index contributed by atoms with van der Waals surface area (Å²) in [7, 11) is 0. The van der Waals surface area contributed by atoms with E-state index in [0.717, 1.165) is 12.1 Å². The zero-order valence-electron chi connectivity index (χ0n) is 9.47. The first-order valence-electron chi connectivity index (χ1n) is 5.34. The molecular weight excluding hydrogens is 218 g/mol. The Bertz CT molecular complexity index is 439. The maximum Gasteiger partial charge on any atom is 0.115 e. The maximum atomic E-state index is 4.08. The summed E-state index contributed by atoms with van der Waals surface area (Å²) in [6, 6.07) is 0.206. The summed E-state index contributed by atoms with van der Waals surface area (Å²) in [6.45, 7) is 5.17. The van der Waals surface area contributed by atoms with E-state index in [0.29, 0.717) is 0 Å². The molecule has 0 aliphatic carbocycles. The third kappa shape index (κ3) is 2.28. The molecule has 2 aromatic heterocycles. The highest BCUT2D eigenvalue weighted by Gasteiger charge is 2.15. The van der Waals surface area contributed by atoms with Crippen molar-refractivity contribution in [1.29, 1.82) is 0 Å². The van der Waals surface area contributed by atoms with Crippen LogP contribution in [0.4, 0.5) is 0 Å². The SMILES string of the molecule is CCNC(c1cncnc1)c1cscc1C. The fraction of sp³-hybridized carbons (Fsp3) is 0.333. The van der Waals surface area contributed by atoms with Crippen LogP contribution in [0.3, 0.4) is 0 Å². The molecule has 16 heavy (non-hydrogen) atoms. The van der Waals surface area contributed by atoms with Gasteiger partial charge in [0.05, 0.1) is 6.04 Å². The molecule has 0 bridgehead atoms. The van der Waals surface area contributed by atoms with Gasteiger partial charge in [-0.3, -0.25) is 0 Å². The van der Waals surface area contributed by atoms with E-state index >= 15 is 0 Å². The van der Waals surface area contributed by atoms with Gasteiger partial charge in [0.25, 0.3) is 0 Å². The van der Waals surface area contributed by atoms with E-state index in [1.807, 2.05) is 12.4 Å². The van der Waals surface area contributed by atoms with Crippen LogP contribution in [0.1, 0.15) is 29.7 Å². The minimum absolute atomic E-state index is 0.206. The summed E-state index contributed by atoms with van der Waals surface area (Å²) >= 11 is 1.73. The highest BCUT2D eigenvalue weighted by atomic mass is 32.1. The third-order valence-electron chi connectivity index (χ3n) is 2.53. The van der Waals surface area contributed by atoms with Crippen molar-refractivity contribution in [2.75, 3.05) is 6.54 Å². The monoisotopic (exact) mass is 233 g/mol. The van der Waals surface area contributed by atoms with E-state index in [4.69, 9.17) is 0 Å². The van der Waals surface area contributed by atoms with Crippen molar-refractivity contribution in [3.05, 3.63) is 46.2 Å². The second-order valence-electron chi connectivity index (χ2n) is 3.67. The number of nitrogens with one attached hydrogen (secondary N) is 1. The molecule has 3 nitrogen and oxygen atoms in total. The van der Waals surface area contributed by atoms with Crippen LogP contribution < -0.4 is 5.32 Å². The quantitative estimate of drug-likeness (QED) is 0.882. The normalized spacial score (nSPS) is 12.6. The average molecular weight is 233 g/mol. The number of aryl methyl sites for hydroxylation is 1. The lowest BCUT2D eigenvalue weighted by molar-refractivity contribution is 0.625. The zero-order valence-corrected chi connectivity index (χ0v) is 10.3. The Hall–Kier alpha value is -1.26. The van der Waals surface area contributed by atoms with Crippen LogP contribution in [0.15, 0.2) is 29.5 Å². The lowest BCUT2D eigenvalue weighted by Gasteiger charge is -2.17. The topological polar surface area (TPSA) is 37.8 Å². The predicted molar refractivity (Wildman–Crippen MR) is 66.6 cm³/mol. The molecule has 1 N–H and O–H groups in total. The molecular formula is C12H15N3S. The van der Waals surface area contributed by atoms with Gasteiger partial charge < -0.3 is 5.32 Å². The van der Waals surface area contributed by atoms with Crippen LogP contribution in [0.25, 0.3) is 0 Å². The Morgan fingerprint density at radius 1 is 1.31 bits per heavy atom. The number of aromatic nitrogens is 2. The molecule has 2 aromatic rings. The molecule has 0 saturated heterocycles. The highest BCUT2D eigenvalue weighted by molar-refractivity contribution is 7.08. The van der Waals surface area contributed by atoms with Gasteiger partial charge in [-0.25, -0.2) is 9.97 Å². The van der Waals surface area contributed by atoms with Gasteiger partial charge in [-0.15, -0.1) is 0 Å². The second-order valence-corrected chi connectivity index (χ2v) is 4.42. The van der Waals surface area contributed by atoms with Crippen molar-refractivity contribution in [3.8, 4) is 0 Å². The van der Waals surface area contributed by atoms with Crippen LogP contribution in [-0.4, -0.2) is 16.5 Å². The van der Waals surface area contributed by atoms with E-state index < -0.39 is 0 Å². The standard InChI is InChI=1S/C12H15N3S/c1-3-15-12(10-4-13-8-14-5-10)11-7-16-6-9(11)2/h4-8,12,15H,3H2,1-2H3. The third-order valence-corrected chi connectivity index (χ3v) is 3.41. The second kappa shape index (κ2) is 5.18. The Labute approximate surface area is 99.6 Å². The van der Waals surface area contributed by atoms with Crippen LogP contribution in [-0.2, 0) is 0 Å². The number of rotatable bonds is 4. The van der Waals surface area contributed by atoms with Crippen molar-refractivity contribution >= 4 is 11.3 Å². The Kier molecular flexibility index (Phi) is 3.64. The first-order chi connectivity index (χ1) is 7.83. The number of nitrogens with zero attached hydrogens (tertiary/aromatic N) is 2. The Morgan fingerprint density at radius 3 is 2.62 bits per heavy atom. The molecule has 1 atom stereocenters. The molecule has 1 unspecified atom stereocenters. The summed E-state index contributed by atoms with van der Waals surface area (Å²) < 4.78 is 0. The number of hydrogen-bond acceptors (Lipinski definition) is 4. The molecule has 0 amide bonds. The van der Waals surface area contributed by atoms with Gasteiger partial charge in [-0.2, -0.15) is 11.3 Å². The zero-order chi connectivity index (χ0) is 11.4. The molecule has 2 heterocycles. The van der Waals surface area contributed by atoms with E-state index in [1.54, 1.807) is 17.7 Å². The largest absolute Gasteiger partial charge is 0.306 e. The fourth-order valence-corrected chi connectivity index (χ4v) is 2.61. The first kappa shape index (κ1) is 11.2. The minimum atomic E-state index is 0.206. The van der Waals surface area contributed by atoms with Gasteiger partial charge in [0.15, 0.2) is 0 Å². The molecule has 0 saturated carbocycles. The Balaban J connectivity index is 2.35. The lowest BCUT2D eigenvalue weighted by atomic mass is 10.0. The minimum Gasteiger partial charge on any atom is -0.306 e. The molecule has 84 valence electrons. The molecule has 4 heteroatoms. The molecule has 2 rings (SSSR count). The van der Waals surface area contributed by atoms with Crippen molar-refractivity contribution < 1.29 is 0 Å². The van der Waals surface area contributed by atoms with Crippen molar-refractivity contribution in [1.82, 2.24) is 15.3 Å². The average Bonchev–Trinajstić information content (AvgIpc) is 2.73. The van der Waals surface area contributed by atoms with Crippen LogP contribution in [0.2, 0.25) is 0 Å². The number of thiophene rings is 1. The highest BCUT2D eigenvalue weighted by Crippen LogP contribution is 2.26. The summed E-state index contributed by atoms with van der Waals surface area (Å²) in [4.78, 5) is 8.16. The van der Waals surface area contributed by atoms with Gasteiger partial charge in [0.1, 0.15) is 6.33 Å². The van der Waals surface area contributed by atoms with Crippen LogP contribution in [0.5, 0.6) is 0 Å². The van der Waals surface area contributed by atoms with Crippen molar-refractivity contribution in [2.45, 2.75) is 19.9 Å². The van der Waals surface area contributed by atoms with Crippen molar-refractivity contribution in [3.63, 3.8) is 0 Å². The van der Waals surface area contributed by atoms with Gasteiger partial charge in [-0.05, 0) is 35.4 Å². The lowest BCUT2D eigenvalue weighted by Crippen LogP contribution is -2.22. The molecule has 0 aliphatic heterocycles. The van der Waals surface area contributed by atoms with Gasteiger partial charge in [0, 0.05) is 18.0 Å². The number of hydrogen-bond donors (Lipinski definition) is 1. The van der Waals surface area contributed by atoms with E-state index in [2.05, 4.69) is 39.9 Å². The molecule has 0 radical (unpaired) electrons.